The standard InChI is InChI=1S/C18H22FN3O3S/c1-4-25-18(24)14-12(15(17(23)21-2)26-16(14)20)10-22(3)9-11-7-5-6-8-13(11)19/h5-8H,4,9-10,20H2,1-3H3,(H,21,23). The maximum atomic E-state index is 13.9. The van der Waals surface area contributed by atoms with E-state index in [0.717, 1.165) is 11.3 Å². The van der Waals surface area contributed by atoms with Gasteiger partial charge >= 0.3 is 5.97 Å². The van der Waals surface area contributed by atoms with Crippen LogP contribution in [0.4, 0.5) is 9.39 Å². The molecule has 0 spiro atoms. The third kappa shape index (κ3) is 4.39. The maximum absolute atomic E-state index is 13.9. The van der Waals surface area contributed by atoms with Gasteiger partial charge in [0.15, 0.2) is 0 Å². The van der Waals surface area contributed by atoms with E-state index < -0.39 is 5.97 Å². The number of nitrogen functional groups attached to an aromatic ring is 1. The zero-order chi connectivity index (χ0) is 19.3. The second-order valence-corrected chi connectivity index (χ2v) is 6.76. The fraction of sp³-hybridized carbons (Fsp3) is 0.333. The van der Waals surface area contributed by atoms with Crippen molar-refractivity contribution in [3.05, 3.63) is 51.7 Å². The minimum absolute atomic E-state index is 0.202. The molecule has 3 N–H and O–H groups in total. The van der Waals surface area contributed by atoms with Crippen molar-refractivity contribution in [2.75, 3.05) is 26.4 Å². The molecule has 1 amide bonds. The van der Waals surface area contributed by atoms with Gasteiger partial charge in [0, 0.05) is 31.3 Å². The van der Waals surface area contributed by atoms with Crippen molar-refractivity contribution in [2.45, 2.75) is 20.0 Å². The van der Waals surface area contributed by atoms with Gasteiger partial charge in [-0.15, -0.1) is 11.3 Å². The van der Waals surface area contributed by atoms with E-state index in [4.69, 9.17) is 10.5 Å². The largest absolute Gasteiger partial charge is 0.462 e. The van der Waals surface area contributed by atoms with Crippen LogP contribution in [0, 0.1) is 5.82 Å². The van der Waals surface area contributed by atoms with Gasteiger partial charge in [0.05, 0.1) is 17.0 Å². The van der Waals surface area contributed by atoms with E-state index in [1.807, 2.05) is 4.90 Å². The average molecular weight is 379 g/mol. The van der Waals surface area contributed by atoms with Gasteiger partial charge in [-0.05, 0) is 20.0 Å². The number of nitrogens with two attached hydrogens (primary N) is 1. The molecule has 0 radical (unpaired) electrons. The molecule has 0 aliphatic carbocycles. The number of halogens is 1. The van der Waals surface area contributed by atoms with Crippen molar-refractivity contribution >= 4 is 28.2 Å². The minimum atomic E-state index is -0.564. The van der Waals surface area contributed by atoms with Crippen molar-refractivity contribution in [1.82, 2.24) is 10.2 Å². The Morgan fingerprint density at radius 3 is 2.62 bits per heavy atom. The Balaban J connectivity index is 2.34. The number of hydrogen-bond donors (Lipinski definition) is 2. The van der Waals surface area contributed by atoms with Crippen LogP contribution in [-0.4, -0.2) is 37.5 Å². The molecule has 0 saturated carbocycles. The van der Waals surface area contributed by atoms with Crippen LogP contribution in [0.1, 0.15) is 38.1 Å². The number of hydrogen-bond acceptors (Lipinski definition) is 6. The van der Waals surface area contributed by atoms with E-state index in [1.54, 1.807) is 32.2 Å². The molecule has 1 aromatic heterocycles. The third-order valence-corrected chi connectivity index (χ3v) is 4.83. The van der Waals surface area contributed by atoms with E-state index >= 15 is 0 Å². The number of nitrogens with zero attached hydrogens (tertiary/aromatic N) is 1. The summed E-state index contributed by atoms with van der Waals surface area (Å²) < 4.78 is 19.0. The summed E-state index contributed by atoms with van der Waals surface area (Å²) in [6.45, 7) is 2.47. The average Bonchev–Trinajstić information content (AvgIpc) is 2.92. The van der Waals surface area contributed by atoms with Gasteiger partial charge in [0.1, 0.15) is 10.8 Å². The van der Waals surface area contributed by atoms with E-state index in [-0.39, 0.29) is 35.4 Å². The highest BCUT2D eigenvalue weighted by atomic mass is 32.1. The monoisotopic (exact) mass is 379 g/mol. The molecule has 140 valence electrons. The summed E-state index contributed by atoms with van der Waals surface area (Å²) in [5.41, 5.74) is 7.20. The Morgan fingerprint density at radius 1 is 1.31 bits per heavy atom. The summed E-state index contributed by atoms with van der Waals surface area (Å²) in [6, 6.07) is 6.47. The molecule has 0 atom stereocenters. The molecular weight excluding hydrogens is 357 g/mol. The van der Waals surface area contributed by atoms with Crippen molar-refractivity contribution in [3.8, 4) is 0 Å². The van der Waals surface area contributed by atoms with Crippen LogP contribution in [0.25, 0.3) is 0 Å². The Morgan fingerprint density at radius 2 is 2.00 bits per heavy atom. The molecule has 2 rings (SSSR count). The molecule has 0 aliphatic rings. The van der Waals surface area contributed by atoms with Gasteiger partial charge in [-0.1, -0.05) is 18.2 Å². The van der Waals surface area contributed by atoms with Crippen molar-refractivity contribution in [1.29, 1.82) is 0 Å². The molecule has 6 nitrogen and oxygen atoms in total. The second kappa shape index (κ2) is 8.77. The van der Waals surface area contributed by atoms with Gasteiger partial charge < -0.3 is 15.8 Å². The summed E-state index contributed by atoms with van der Waals surface area (Å²) in [5, 5.41) is 2.78. The highest BCUT2D eigenvalue weighted by Crippen LogP contribution is 2.33. The van der Waals surface area contributed by atoms with Gasteiger partial charge in [-0.3, -0.25) is 9.69 Å². The lowest BCUT2D eigenvalue weighted by Crippen LogP contribution is -2.24. The molecule has 1 aromatic carbocycles. The van der Waals surface area contributed by atoms with Crippen LogP contribution in [0.3, 0.4) is 0 Å². The molecule has 0 unspecified atom stereocenters. The highest BCUT2D eigenvalue weighted by molar-refractivity contribution is 7.18. The quantitative estimate of drug-likeness (QED) is 0.723. The number of carbonyl (C=O) groups excluding carboxylic acids is 2. The number of carbonyl (C=O) groups is 2. The number of esters is 1. The number of nitrogens with one attached hydrogen (secondary N) is 1. The SMILES string of the molecule is CCOC(=O)c1c(N)sc(C(=O)NC)c1CN(C)Cc1ccccc1F. The number of anilines is 1. The fourth-order valence-electron chi connectivity index (χ4n) is 2.60. The summed E-state index contributed by atoms with van der Waals surface area (Å²) in [4.78, 5) is 26.7. The smallest absolute Gasteiger partial charge is 0.341 e. The van der Waals surface area contributed by atoms with Crippen LogP contribution >= 0.6 is 11.3 Å². The summed E-state index contributed by atoms with van der Waals surface area (Å²) in [5.74, 6) is -1.20. The molecule has 8 heteroatoms. The lowest BCUT2D eigenvalue weighted by molar-refractivity contribution is 0.0526. The number of amides is 1. The normalized spacial score (nSPS) is 10.8. The molecule has 2 aromatic rings. The van der Waals surface area contributed by atoms with Crippen molar-refractivity contribution in [3.63, 3.8) is 0 Å². The van der Waals surface area contributed by atoms with E-state index in [9.17, 15) is 14.0 Å². The number of thiophene rings is 1. The molecule has 0 saturated heterocycles. The van der Waals surface area contributed by atoms with Crippen LogP contribution in [0.5, 0.6) is 0 Å². The molecule has 0 fully saturated rings. The molecule has 26 heavy (non-hydrogen) atoms. The first kappa shape index (κ1) is 19.9. The van der Waals surface area contributed by atoms with Gasteiger partial charge in [-0.25, -0.2) is 9.18 Å². The van der Waals surface area contributed by atoms with Crippen molar-refractivity contribution < 1.29 is 18.7 Å². The Hall–Kier alpha value is -2.45. The van der Waals surface area contributed by atoms with Gasteiger partial charge in [0.25, 0.3) is 5.91 Å². The van der Waals surface area contributed by atoms with Gasteiger partial charge in [0.2, 0.25) is 0 Å². The predicted molar refractivity (Wildman–Crippen MR) is 99.6 cm³/mol. The lowest BCUT2D eigenvalue weighted by atomic mass is 10.1. The topological polar surface area (TPSA) is 84.7 Å². The lowest BCUT2D eigenvalue weighted by Gasteiger charge is -2.18. The van der Waals surface area contributed by atoms with Crippen LogP contribution < -0.4 is 11.1 Å². The van der Waals surface area contributed by atoms with Crippen LogP contribution in [0.2, 0.25) is 0 Å². The van der Waals surface area contributed by atoms with Gasteiger partial charge in [-0.2, -0.15) is 0 Å². The van der Waals surface area contributed by atoms with Crippen molar-refractivity contribution in [2.24, 2.45) is 0 Å². The summed E-state index contributed by atoms with van der Waals surface area (Å²) in [7, 11) is 3.29. The van der Waals surface area contributed by atoms with Crippen LogP contribution in [0.15, 0.2) is 24.3 Å². The minimum Gasteiger partial charge on any atom is -0.462 e. The first-order valence-electron chi connectivity index (χ1n) is 8.11. The number of ether oxygens (including phenoxy) is 1. The molecular formula is C18H22FN3O3S. The van der Waals surface area contributed by atoms with E-state index in [2.05, 4.69) is 5.32 Å². The van der Waals surface area contributed by atoms with E-state index in [1.165, 1.54) is 13.1 Å². The number of rotatable bonds is 7. The Kier molecular flexibility index (Phi) is 6.70. The predicted octanol–water partition coefficient (Wildman–Crippen LogP) is 2.64. The second-order valence-electron chi connectivity index (χ2n) is 5.71. The van der Waals surface area contributed by atoms with Crippen LogP contribution in [-0.2, 0) is 17.8 Å². The first-order valence-corrected chi connectivity index (χ1v) is 8.92. The van der Waals surface area contributed by atoms with E-state index in [0.29, 0.717) is 22.5 Å². The Bertz CT molecular complexity index is 807. The molecule has 1 heterocycles. The summed E-state index contributed by atoms with van der Waals surface area (Å²) in [6.07, 6.45) is 0. The Labute approximate surface area is 155 Å². The number of benzene rings is 1. The fourth-order valence-corrected chi connectivity index (χ4v) is 3.62. The first-order chi connectivity index (χ1) is 12.4. The highest BCUT2D eigenvalue weighted by Gasteiger charge is 2.27. The zero-order valence-electron chi connectivity index (χ0n) is 15.0. The maximum Gasteiger partial charge on any atom is 0.341 e. The molecule has 0 aliphatic heterocycles. The summed E-state index contributed by atoms with van der Waals surface area (Å²) >= 11 is 1.04. The third-order valence-electron chi connectivity index (χ3n) is 3.77. The molecule has 0 bridgehead atoms. The zero-order valence-corrected chi connectivity index (χ0v) is 15.8.